The predicted octanol–water partition coefficient (Wildman–Crippen LogP) is 5.10. The van der Waals surface area contributed by atoms with E-state index in [1.165, 1.54) is 19.2 Å². The number of nitrogens with zero attached hydrogens (tertiary/aromatic N) is 1. The first-order chi connectivity index (χ1) is 17.6. The maximum Gasteiger partial charge on any atom is 0.416 e. The minimum atomic E-state index is -4.53. The van der Waals surface area contributed by atoms with Gasteiger partial charge in [0.15, 0.2) is 0 Å². The number of carbonyl (C=O) groups is 2. The first-order valence-electron chi connectivity index (χ1n) is 11.9. The third-order valence-electron chi connectivity index (χ3n) is 6.07. The second-order valence-corrected chi connectivity index (χ2v) is 8.97. The summed E-state index contributed by atoms with van der Waals surface area (Å²) in [7, 11) is 0. The summed E-state index contributed by atoms with van der Waals surface area (Å²) in [5.74, 6) is 0.435. The molecule has 1 aliphatic carbocycles. The summed E-state index contributed by atoms with van der Waals surface area (Å²) in [6.45, 7) is 1.59. The SMILES string of the molecule is CC(=O)Nc1cc(Oc2ccc3c(c2)CC(C(=O)Nc2cc(CCN)cc(C(F)(F)F)c2)CC3)ccn1. The van der Waals surface area contributed by atoms with Crippen LogP contribution in [-0.2, 0) is 35.0 Å². The van der Waals surface area contributed by atoms with Crippen molar-refractivity contribution in [2.75, 3.05) is 17.2 Å². The van der Waals surface area contributed by atoms with Crippen LogP contribution in [0.2, 0.25) is 0 Å². The lowest BCUT2D eigenvalue weighted by Gasteiger charge is -2.25. The van der Waals surface area contributed by atoms with Crippen molar-refractivity contribution in [1.29, 1.82) is 0 Å². The number of benzene rings is 2. The van der Waals surface area contributed by atoms with Gasteiger partial charge in [0.25, 0.3) is 0 Å². The van der Waals surface area contributed by atoms with Crippen LogP contribution in [0.4, 0.5) is 24.7 Å². The van der Waals surface area contributed by atoms with Crippen molar-refractivity contribution >= 4 is 23.3 Å². The normalized spacial score (nSPS) is 15.0. The number of aryl methyl sites for hydroxylation is 1. The molecule has 10 heteroatoms. The summed E-state index contributed by atoms with van der Waals surface area (Å²) in [6.07, 6.45) is -1.06. The summed E-state index contributed by atoms with van der Waals surface area (Å²) in [6, 6.07) is 12.4. The van der Waals surface area contributed by atoms with E-state index in [4.69, 9.17) is 10.5 Å². The minimum absolute atomic E-state index is 0.110. The van der Waals surface area contributed by atoms with E-state index in [2.05, 4.69) is 15.6 Å². The van der Waals surface area contributed by atoms with Crippen LogP contribution in [0.3, 0.4) is 0 Å². The number of anilines is 2. The number of fused-ring (bicyclic) bond motifs is 1. The molecule has 194 valence electrons. The Morgan fingerprint density at radius 2 is 1.84 bits per heavy atom. The van der Waals surface area contributed by atoms with Gasteiger partial charge in [0.1, 0.15) is 17.3 Å². The molecule has 0 saturated heterocycles. The number of aromatic nitrogens is 1. The van der Waals surface area contributed by atoms with E-state index in [0.29, 0.717) is 42.1 Å². The number of halogens is 3. The lowest BCUT2D eigenvalue weighted by Crippen LogP contribution is -2.28. The van der Waals surface area contributed by atoms with Crippen LogP contribution >= 0.6 is 0 Å². The summed E-state index contributed by atoms with van der Waals surface area (Å²) in [4.78, 5) is 28.4. The van der Waals surface area contributed by atoms with Crippen molar-refractivity contribution in [3.05, 3.63) is 77.0 Å². The highest BCUT2D eigenvalue weighted by atomic mass is 19.4. The molecule has 2 aromatic carbocycles. The van der Waals surface area contributed by atoms with Crippen molar-refractivity contribution in [2.45, 2.75) is 38.8 Å². The van der Waals surface area contributed by atoms with Gasteiger partial charge in [-0.3, -0.25) is 9.59 Å². The fourth-order valence-electron chi connectivity index (χ4n) is 4.36. The molecule has 1 heterocycles. The number of hydrogen-bond donors (Lipinski definition) is 3. The standard InChI is InChI=1S/C27H27F3N4O3/c1-16(35)33-25-15-24(7-9-32-25)37-23-5-4-18-2-3-19(12-20(18)13-23)26(36)34-22-11-17(6-8-31)10-21(14-22)27(28,29)30/h4-5,7,9-11,13-15,19H,2-3,6,8,12,31H2,1H3,(H,34,36)(H,32,33,35). The highest BCUT2D eigenvalue weighted by Crippen LogP contribution is 2.34. The van der Waals surface area contributed by atoms with Gasteiger partial charge in [0.2, 0.25) is 11.8 Å². The van der Waals surface area contributed by atoms with Crippen LogP contribution in [0.5, 0.6) is 11.5 Å². The highest BCUT2D eigenvalue weighted by Gasteiger charge is 2.32. The van der Waals surface area contributed by atoms with E-state index in [1.54, 1.807) is 12.1 Å². The molecular weight excluding hydrogens is 485 g/mol. The van der Waals surface area contributed by atoms with Crippen molar-refractivity contribution in [1.82, 2.24) is 4.98 Å². The van der Waals surface area contributed by atoms with Crippen LogP contribution in [0.1, 0.15) is 35.6 Å². The molecule has 3 aromatic rings. The molecule has 1 aliphatic rings. The molecule has 4 N–H and O–H groups in total. The fourth-order valence-corrected chi connectivity index (χ4v) is 4.36. The average Bonchev–Trinajstić information content (AvgIpc) is 2.83. The quantitative estimate of drug-likeness (QED) is 0.409. The van der Waals surface area contributed by atoms with Gasteiger partial charge in [-0.25, -0.2) is 4.98 Å². The van der Waals surface area contributed by atoms with E-state index < -0.39 is 17.7 Å². The van der Waals surface area contributed by atoms with Crippen molar-refractivity contribution in [3.8, 4) is 11.5 Å². The molecule has 0 spiro atoms. The number of alkyl halides is 3. The van der Waals surface area contributed by atoms with Gasteiger partial charge in [-0.1, -0.05) is 6.07 Å². The molecule has 0 fully saturated rings. The zero-order valence-electron chi connectivity index (χ0n) is 20.2. The minimum Gasteiger partial charge on any atom is -0.457 e. The fraction of sp³-hybridized carbons (Fsp3) is 0.296. The molecule has 4 rings (SSSR count). The lowest BCUT2D eigenvalue weighted by atomic mass is 9.83. The molecule has 7 nitrogen and oxygen atoms in total. The van der Waals surface area contributed by atoms with Crippen LogP contribution < -0.4 is 21.1 Å². The van der Waals surface area contributed by atoms with Gasteiger partial charge in [-0.05, 0) is 85.3 Å². The molecule has 1 unspecified atom stereocenters. The molecule has 0 saturated carbocycles. The van der Waals surface area contributed by atoms with Gasteiger partial charge in [0, 0.05) is 30.8 Å². The zero-order valence-corrected chi connectivity index (χ0v) is 20.2. The Balaban J connectivity index is 1.47. The van der Waals surface area contributed by atoms with Gasteiger partial charge >= 0.3 is 6.18 Å². The molecule has 0 bridgehead atoms. The van der Waals surface area contributed by atoms with Crippen molar-refractivity contribution in [3.63, 3.8) is 0 Å². The molecular formula is C27H27F3N4O3. The number of nitrogens with one attached hydrogen (secondary N) is 2. The Hall–Kier alpha value is -3.92. The van der Waals surface area contributed by atoms with Gasteiger partial charge in [-0.2, -0.15) is 13.2 Å². The molecule has 1 atom stereocenters. The number of rotatable bonds is 7. The Morgan fingerprint density at radius 3 is 2.57 bits per heavy atom. The number of carbonyl (C=O) groups excluding carboxylic acids is 2. The molecule has 1 aromatic heterocycles. The largest absolute Gasteiger partial charge is 0.457 e. The van der Waals surface area contributed by atoms with Crippen LogP contribution in [0, 0.1) is 5.92 Å². The van der Waals surface area contributed by atoms with E-state index in [0.717, 1.165) is 23.3 Å². The molecule has 0 aliphatic heterocycles. The Morgan fingerprint density at radius 1 is 1.05 bits per heavy atom. The smallest absolute Gasteiger partial charge is 0.416 e. The first-order valence-corrected chi connectivity index (χ1v) is 11.9. The van der Waals surface area contributed by atoms with Crippen LogP contribution in [-0.4, -0.2) is 23.3 Å². The van der Waals surface area contributed by atoms with E-state index >= 15 is 0 Å². The van der Waals surface area contributed by atoms with E-state index in [-0.39, 0.29) is 30.5 Å². The zero-order chi connectivity index (χ0) is 26.6. The Labute approximate surface area is 212 Å². The number of hydrogen-bond acceptors (Lipinski definition) is 5. The van der Waals surface area contributed by atoms with Crippen molar-refractivity contribution in [2.24, 2.45) is 11.7 Å². The van der Waals surface area contributed by atoms with Gasteiger partial charge in [0.05, 0.1) is 5.56 Å². The molecule has 37 heavy (non-hydrogen) atoms. The lowest BCUT2D eigenvalue weighted by molar-refractivity contribution is -0.137. The number of pyridine rings is 1. The average molecular weight is 513 g/mol. The van der Waals surface area contributed by atoms with E-state index in [1.807, 2.05) is 18.2 Å². The molecule has 0 radical (unpaired) electrons. The van der Waals surface area contributed by atoms with Crippen LogP contribution in [0.25, 0.3) is 0 Å². The number of nitrogens with two attached hydrogens (primary N) is 1. The summed E-state index contributed by atoms with van der Waals surface area (Å²) in [5.41, 5.74) is 7.26. The second-order valence-electron chi connectivity index (χ2n) is 8.97. The number of amides is 2. The van der Waals surface area contributed by atoms with Crippen molar-refractivity contribution < 1.29 is 27.5 Å². The Bertz CT molecular complexity index is 1310. The summed E-state index contributed by atoms with van der Waals surface area (Å²) >= 11 is 0. The van der Waals surface area contributed by atoms with Crippen LogP contribution in [0.15, 0.2) is 54.7 Å². The Kier molecular flexibility index (Phi) is 7.77. The maximum atomic E-state index is 13.3. The predicted molar refractivity (Wildman–Crippen MR) is 133 cm³/mol. The monoisotopic (exact) mass is 512 g/mol. The summed E-state index contributed by atoms with van der Waals surface area (Å²) < 4.78 is 45.9. The third-order valence-corrected chi connectivity index (χ3v) is 6.07. The first kappa shape index (κ1) is 26.2. The molecule has 2 amide bonds. The highest BCUT2D eigenvalue weighted by molar-refractivity contribution is 5.93. The third kappa shape index (κ3) is 6.85. The second kappa shape index (κ2) is 11.0. The van der Waals surface area contributed by atoms with E-state index in [9.17, 15) is 22.8 Å². The maximum absolute atomic E-state index is 13.3. The number of ether oxygens (including phenoxy) is 1. The van der Waals surface area contributed by atoms with Gasteiger partial charge in [-0.15, -0.1) is 0 Å². The topological polar surface area (TPSA) is 106 Å². The summed E-state index contributed by atoms with van der Waals surface area (Å²) in [5, 5.41) is 5.28. The van der Waals surface area contributed by atoms with Gasteiger partial charge < -0.3 is 21.1 Å².